The maximum absolute atomic E-state index is 11.5. The van der Waals surface area contributed by atoms with Gasteiger partial charge in [-0.3, -0.25) is 10.1 Å². The summed E-state index contributed by atoms with van der Waals surface area (Å²) < 4.78 is 0. The summed E-state index contributed by atoms with van der Waals surface area (Å²) in [5.74, 6) is 1.65. The first-order valence-electron chi connectivity index (χ1n) is 10.3. The minimum absolute atomic E-state index is 0.117. The SMILES string of the molecule is NCC1CCC(CNc2nc(Nc3cccc4ccccc34)ncc2[N+](=O)[O-])CC1. The summed E-state index contributed by atoms with van der Waals surface area (Å²) >= 11 is 0. The topological polar surface area (TPSA) is 119 Å². The maximum Gasteiger partial charge on any atom is 0.329 e. The van der Waals surface area contributed by atoms with Gasteiger partial charge in [0, 0.05) is 17.6 Å². The summed E-state index contributed by atoms with van der Waals surface area (Å²) in [6.45, 7) is 1.39. The zero-order chi connectivity index (χ0) is 20.9. The summed E-state index contributed by atoms with van der Waals surface area (Å²) in [5.41, 5.74) is 6.51. The van der Waals surface area contributed by atoms with Crippen molar-refractivity contribution in [2.75, 3.05) is 23.7 Å². The van der Waals surface area contributed by atoms with Gasteiger partial charge in [0.05, 0.1) is 4.92 Å². The van der Waals surface area contributed by atoms with Gasteiger partial charge in [-0.25, -0.2) is 4.98 Å². The Morgan fingerprint density at radius 3 is 2.57 bits per heavy atom. The molecule has 8 nitrogen and oxygen atoms in total. The van der Waals surface area contributed by atoms with Crippen LogP contribution >= 0.6 is 0 Å². The summed E-state index contributed by atoms with van der Waals surface area (Å²) in [5, 5.41) is 20.0. The average molecular weight is 406 g/mol. The number of rotatable bonds is 7. The Kier molecular flexibility index (Phi) is 6.04. The lowest BCUT2D eigenvalue weighted by Crippen LogP contribution is -2.25. The molecule has 0 atom stereocenters. The number of hydrogen-bond acceptors (Lipinski definition) is 7. The number of nitrogens with one attached hydrogen (secondary N) is 2. The van der Waals surface area contributed by atoms with Gasteiger partial charge in [-0.2, -0.15) is 4.98 Å². The van der Waals surface area contributed by atoms with E-state index < -0.39 is 4.92 Å². The van der Waals surface area contributed by atoms with Crippen LogP contribution in [0.25, 0.3) is 10.8 Å². The lowest BCUT2D eigenvalue weighted by molar-refractivity contribution is -0.384. The van der Waals surface area contributed by atoms with E-state index in [9.17, 15) is 10.1 Å². The summed E-state index contributed by atoms with van der Waals surface area (Å²) in [6.07, 6.45) is 5.64. The fourth-order valence-corrected chi connectivity index (χ4v) is 4.07. The first-order valence-corrected chi connectivity index (χ1v) is 10.3. The number of anilines is 3. The summed E-state index contributed by atoms with van der Waals surface area (Å²) in [7, 11) is 0. The molecule has 0 bridgehead atoms. The molecular weight excluding hydrogens is 380 g/mol. The van der Waals surface area contributed by atoms with Gasteiger partial charge in [-0.1, -0.05) is 36.4 Å². The highest BCUT2D eigenvalue weighted by atomic mass is 16.6. The summed E-state index contributed by atoms with van der Waals surface area (Å²) in [4.78, 5) is 19.6. The van der Waals surface area contributed by atoms with Crippen LogP contribution in [0.15, 0.2) is 48.7 Å². The van der Waals surface area contributed by atoms with Gasteiger partial charge in [0.1, 0.15) is 6.20 Å². The van der Waals surface area contributed by atoms with Crippen LogP contribution in [0, 0.1) is 22.0 Å². The van der Waals surface area contributed by atoms with Crippen LogP contribution in [0.4, 0.5) is 23.1 Å². The second-order valence-electron chi connectivity index (χ2n) is 7.84. The van der Waals surface area contributed by atoms with Crippen molar-refractivity contribution in [3.8, 4) is 0 Å². The lowest BCUT2D eigenvalue weighted by atomic mass is 9.82. The molecule has 0 saturated heterocycles. The van der Waals surface area contributed by atoms with Crippen molar-refractivity contribution in [1.29, 1.82) is 0 Å². The Balaban J connectivity index is 1.52. The van der Waals surface area contributed by atoms with Crippen LogP contribution in [0.5, 0.6) is 0 Å². The molecule has 1 aliphatic carbocycles. The van der Waals surface area contributed by atoms with E-state index in [0.29, 0.717) is 24.3 Å². The van der Waals surface area contributed by atoms with Crippen molar-refractivity contribution in [2.24, 2.45) is 17.6 Å². The molecular formula is C22H26N6O2. The minimum Gasteiger partial charge on any atom is -0.364 e. The molecule has 2 aromatic carbocycles. The number of nitrogens with two attached hydrogens (primary N) is 1. The van der Waals surface area contributed by atoms with Gasteiger partial charge in [-0.15, -0.1) is 0 Å². The monoisotopic (exact) mass is 406 g/mol. The molecule has 0 unspecified atom stereocenters. The molecule has 4 rings (SSSR count). The molecule has 3 aromatic rings. The molecule has 1 heterocycles. The van der Waals surface area contributed by atoms with E-state index in [-0.39, 0.29) is 11.5 Å². The van der Waals surface area contributed by atoms with E-state index in [1.807, 2.05) is 42.5 Å². The Bertz CT molecular complexity index is 1030. The molecule has 1 aromatic heterocycles. The Morgan fingerprint density at radius 1 is 1.07 bits per heavy atom. The number of aromatic nitrogens is 2. The predicted octanol–water partition coefficient (Wildman–Crippen LogP) is 4.46. The zero-order valence-corrected chi connectivity index (χ0v) is 16.8. The van der Waals surface area contributed by atoms with Crippen molar-refractivity contribution in [3.05, 3.63) is 58.8 Å². The fraction of sp³-hybridized carbons (Fsp3) is 0.364. The third kappa shape index (κ3) is 4.49. The van der Waals surface area contributed by atoms with Gasteiger partial charge in [0.2, 0.25) is 11.8 Å². The number of nitro groups is 1. The van der Waals surface area contributed by atoms with E-state index in [2.05, 4.69) is 20.6 Å². The van der Waals surface area contributed by atoms with Crippen LogP contribution in [0.3, 0.4) is 0 Å². The predicted molar refractivity (Wildman–Crippen MR) is 119 cm³/mol. The summed E-state index contributed by atoms with van der Waals surface area (Å²) in [6, 6.07) is 13.9. The van der Waals surface area contributed by atoms with Crippen molar-refractivity contribution >= 4 is 33.9 Å². The zero-order valence-electron chi connectivity index (χ0n) is 16.8. The maximum atomic E-state index is 11.5. The number of fused-ring (bicyclic) bond motifs is 1. The molecule has 0 aliphatic heterocycles. The molecule has 8 heteroatoms. The van der Waals surface area contributed by atoms with Crippen LogP contribution < -0.4 is 16.4 Å². The van der Waals surface area contributed by atoms with E-state index >= 15 is 0 Å². The smallest absolute Gasteiger partial charge is 0.329 e. The molecule has 156 valence electrons. The highest BCUT2D eigenvalue weighted by molar-refractivity contribution is 5.94. The fourth-order valence-electron chi connectivity index (χ4n) is 4.07. The van der Waals surface area contributed by atoms with Crippen LogP contribution in [0.2, 0.25) is 0 Å². The van der Waals surface area contributed by atoms with Gasteiger partial charge < -0.3 is 16.4 Å². The highest BCUT2D eigenvalue weighted by Crippen LogP contribution is 2.30. The molecule has 0 radical (unpaired) electrons. The lowest BCUT2D eigenvalue weighted by Gasteiger charge is -2.27. The van der Waals surface area contributed by atoms with Crippen LogP contribution in [-0.4, -0.2) is 28.0 Å². The third-order valence-corrected chi connectivity index (χ3v) is 5.86. The van der Waals surface area contributed by atoms with Gasteiger partial charge >= 0.3 is 5.69 Å². The van der Waals surface area contributed by atoms with Crippen molar-refractivity contribution in [1.82, 2.24) is 9.97 Å². The number of nitrogens with zero attached hydrogens (tertiary/aromatic N) is 3. The second kappa shape index (κ2) is 9.04. The van der Waals surface area contributed by atoms with Crippen molar-refractivity contribution in [2.45, 2.75) is 25.7 Å². The molecule has 30 heavy (non-hydrogen) atoms. The normalized spacial score (nSPS) is 18.8. The van der Waals surface area contributed by atoms with E-state index in [4.69, 9.17) is 5.73 Å². The highest BCUT2D eigenvalue weighted by Gasteiger charge is 2.22. The average Bonchev–Trinajstić information content (AvgIpc) is 2.78. The van der Waals surface area contributed by atoms with E-state index in [1.54, 1.807) is 0 Å². The van der Waals surface area contributed by atoms with Crippen LogP contribution in [0.1, 0.15) is 25.7 Å². The number of benzene rings is 2. The minimum atomic E-state index is -0.449. The largest absolute Gasteiger partial charge is 0.364 e. The van der Waals surface area contributed by atoms with E-state index in [1.165, 1.54) is 6.20 Å². The molecule has 1 aliphatic rings. The Labute approximate surface area is 175 Å². The number of hydrogen-bond donors (Lipinski definition) is 3. The van der Waals surface area contributed by atoms with Crippen LogP contribution in [-0.2, 0) is 0 Å². The standard InChI is InChI=1S/C22H26N6O2/c23-12-15-8-10-16(11-9-15)13-24-21-20(28(29)30)14-25-22(27-21)26-19-7-3-5-17-4-1-2-6-18(17)19/h1-7,14-16H,8-13,23H2,(H2,24,25,26,27). The quantitative estimate of drug-likeness (QED) is 0.391. The third-order valence-electron chi connectivity index (χ3n) is 5.86. The second-order valence-corrected chi connectivity index (χ2v) is 7.84. The van der Waals surface area contributed by atoms with Gasteiger partial charge in [0.25, 0.3) is 0 Å². The van der Waals surface area contributed by atoms with Gasteiger partial charge in [0.15, 0.2) is 0 Å². The van der Waals surface area contributed by atoms with Crippen molar-refractivity contribution in [3.63, 3.8) is 0 Å². The molecule has 4 N–H and O–H groups in total. The van der Waals surface area contributed by atoms with Crippen molar-refractivity contribution < 1.29 is 4.92 Å². The van der Waals surface area contributed by atoms with E-state index in [0.717, 1.165) is 48.7 Å². The molecule has 0 spiro atoms. The Morgan fingerprint density at radius 2 is 1.80 bits per heavy atom. The first kappa shape index (κ1) is 20.0. The first-order chi connectivity index (χ1) is 14.6. The molecule has 1 fully saturated rings. The Hall–Kier alpha value is -3.26. The van der Waals surface area contributed by atoms with Gasteiger partial charge in [-0.05, 0) is 55.5 Å². The molecule has 0 amide bonds. The molecule has 1 saturated carbocycles.